The summed E-state index contributed by atoms with van der Waals surface area (Å²) >= 11 is 0. The van der Waals surface area contributed by atoms with Crippen LogP contribution in [0.3, 0.4) is 0 Å². The van der Waals surface area contributed by atoms with Gasteiger partial charge in [0.25, 0.3) is 5.91 Å². The molecule has 1 heterocycles. The van der Waals surface area contributed by atoms with Crippen molar-refractivity contribution in [1.82, 2.24) is 15.2 Å². The second-order valence-corrected chi connectivity index (χ2v) is 5.69. The van der Waals surface area contributed by atoms with Gasteiger partial charge < -0.3 is 0 Å². The van der Waals surface area contributed by atoms with Crippen molar-refractivity contribution in [3.63, 3.8) is 0 Å². The summed E-state index contributed by atoms with van der Waals surface area (Å²) in [4.78, 5) is 16.8. The summed E-state index contributed by atoms with van der Waals surface area (Å²) in [7, 11) is 2.00. The number of amides is 1. The molecule has 1 aromatic carbocycles. The van der Waals surface area contributed by atoms with Crippen molar-refractivity contribution in [2.45, 2.75) is 31.8 Å². The number of hydrazine groups is 1. The third-order valence-electron chi connectivity index (χ3n) is 4.35. The zero-order valence-electron chi connectivity index (χ0n) is 13.0. The molecule has 5 nitrogen and oxygen atoms in total. The number of hydrogen-bond donors (Lipinski definition) is 2. The first-order valence-electron chi connectivity index (χ1n) is 7.67. The first-order valence-corrected chi connectivity index (χ1v) is 7.67. The number of nitrogens with two attached hydrogens (primary N) is 1. The van der Waals surface area contributed by atoms with Crippen molar-refractivity contribution < 1.29 is 4.79 Å². The van der Waals surface area contributed by atoms with Gasteiger partial charge in [0.15, 0.2) is 0 Å². The molecule has 1 saturated heterocycles. The van der Waals surface area contributed by atoms with E-state index in [2.05, 4.69) is 22.1 Å². The van der Waals surface area contributed by atoms with Gasteiger partial charge in [-0.15, -0.1) is 0 Å². The lowest BCUT2D eigenvalue weighted by molar-refractivity contribution is -0.126. The Kier molecular flexibility index (Phi) is 5.73. The van der Waals surface area contributed by atoms with E-state index in [-0.39, 0.29) is 11.9 Å². The molecular weight excluding hydrogens is 264 g/mol. The summed E-state index contributed by atoms with van der Waals surface area (Å²) in [6, 6.07) is 10.00. The van der Waals surface area contributed by atoms with Gasteiger partial charge in [-0.25, -0.2) is 5.84 Å². The second kappa shape index (κ2) is 7.54. The topological polar surface area (TPSA) is 61.6 Å². The molecule has 116 valence electrons. The summed E-state index contributed by atoms with van der Waals surface area (Å²) < 4.78 is 0. The summed E-state index contributed by atoms with van der Waals surface area (Å²) in [5, 5.41) is 0. The SMILES string of the molecule is CCN1CCCC1CN(C)C(C(=O)NN)c1ccccc1. The number of likely N-dealkylation sites (N-methyl/N-ethyl adjacent to an activating group) is 2. The maximum atomic E-state index is 12.2. The van der Waals surface area contributed by atoms with Crippen molar-refractivity contribution in [2.24, 2.45) is 5.84 Å². The van der Waals surface area contributed by atoms with Gasteiger partial charge in [0.2, 0.25) is 0 Å². The van der Waals surface area contributed by atoms with Crippen LogP contribution < -0.4 is 11.3 Å². The quantitative estimate of drug-likeness (QED) is 0.468. The maximum Gasteiger partial charge on any atom is 0.255 e. The lowest BCUT2D eigenvalue weighted by atomic mass is 10.0. The number of nitrogens with zero attached hydrogens (tertiary/aromatic N) is 2. The zero-order chi connectivity index (χ0) is 15.2. The first kappa shape index (κ1) is 15.9. The molecule has 1 fully saturated rings. The van der Waals surface area contributed by atoms with Crippen LogP contribution in [0.25, 0.3) is 0 Å². The summed E-state index contributed by atoms with van der Waals surface area (Å²) in [6.07, 6.45) is 2.44. The van der Waals surface area contributed by atoms with E-state index >= 15 is 0 Å². The number of carbonyl (C=O) groups excluding carboxylic acids is 1. The lowest BCUT2D eigenvalue weighted by Crippen LogP contribution is -2.46. The van der Waals surface area contributed by atoms with Crippen molar-refractivity contribution >= 4 is 5.91 Å². The number of benzene rings is 1. The van der Waals surface area contributed by atoms with Crippen molar-refractivity contribution in [2.75, 3.05) is 26.7 Å². The molecule has 1 aliphatic rings. The molecule has 1 amide bonds. The molecule has 0 aliphatic carbocycles. The van der Waals surface area contributed by atoms with E-state index < -0.39 is 0 Å². The molecule has 1 aliphatic heterocycles. The minimum atomic E-state index is -0.337. The normalized spacial score (nSPS) is 20.7. The molecule has 1 aromatic rings. The van der Waals surface area contributed by atoms with E-state index in [0.717, 1.165) is 25.2 Å². The standard InChI is InChI=1S/C16H26N4O/c1-3-20-11-7-10-14(20)12-19(2)15(16(21)18-17)13-8-5-4-6-9-13/h4-6,8-9,14-15H,3,7,10-12,17H2,1-2H3,(H,18,21). The highest BCUT2D eigenvalue weighted by atomic mass is 16.2. The second-order valence-electron chi connectivity index (χ2n) is 5.69. The summed E-state index contributed by atoms with van der Waals surface area (Å²) in [6.45, 7) is 5.30. The Bertz CT molecular complexity index is 451. The van der Waals surface area contributed by atoms with E-state index in [1.807, 2.05) is 37.4 Å². The van der Waals surface area contributed by atoms with Gasteiger partial charge in [-0.05, 0) is 38.5 Å². The average Bonchev–Trinajstić information content (AvgIpc) is 2.95. The van der Waals surface area contributed by atoms with E-state index in [9.17, 15) is 4.79 Å². The fourth-order valence-electron chi connectivity index (χ4n) is 3.28. The van der Waals surface area contributed by atoms with Gasteiger partial charge in [0, 0.05) is 12.6 Å². The van der Waals surface area contributed by atoms with Gasteiger partial charge in [-0.3, -0.25) is 20.0 Å². The lowest BCUT2D eigenvalue weighted by Gasteiger charge is -2.32. The maximum absolute atomic E-state index is 12.2. The van der Waals surface area contributed by atoms with E-state index in [1.54, 1.807) is 0 Å². The fraction of sp³-hybridized carbons (Fsp3) is 0.562. The van der Waals surface area contributed by atoms with Crippen LogP contribution in [0.1, 0.15) is 31.4 Å². The largest absolute Gasteiger partial charge is 0.299 e. The third kappa shape index (κ3) is 3.81. The van der Waals surface area contributed by atoms with Crippen LogP contribution in [0.4, 0.5) is 0 Å². The van der Waals surface area contributed by atoms with Gasteiger partial charge in [-0.2, -0.15) is 0 Å². The van der Waals surface area contributed by atoms with Crippen LogP contribution >= 0.6 is 0 Å². The molecule has 2 unspecified atom stereocenters. The number of carbonyl (C=O) groups is 1. The highest BCUT2D eigenvalue weighted by Gasteiger charge is 2.30. The Morgan fingerprint density at radius 3 is 2.81 bits per heavy atom. The van der Waals surface area contributed by atoms with Gasteiger partial charge in [0.05, 0.1) is 0 Å². The monoisotopic (exact) mass is 290 g/mol. The highest BCUT2D eigenvalue weighted by molar-refractivity contribution is 5.82. The molecule has 0 bridgehead atoms. The van der Waals surface area contributed by atoms with Gasteiger partial charge in [-0.1, -0.05) is 37.3 Å². The Morgan fingerprint density at radius 2 is 2.19 bits per heavy atom. The smallest absolute Gasteiger partial charge is 0.255 e. The minimum Gasteiger partial charge on any atom is -0.299 e. The number of rotatable bonds is 6. The Balaban J connectivity index is 2.11. The molecule has 3 N–H and O–H groups in total. The Morgan fingerprint density at radius 1 is 1.48 bits per heavy atom. The molecule has 5 heteroatoms. The molecule has 21 heavy (non-hydrogen) atoms. The number of likely N-dealkylation sites (tertiary alicyclic amines) is 1. The Hall–Kier alpha value is -1.43. The predicted molar refractivity (Wildman–Crippen MR) is 84.4 cm³/mol. The molecule has 0 radical (unpaired) electrons. The first-order chi connectivity index (χ1) is 10.2. The Labute approximate surface area is 127 Å². The van der Waals surface area contributed by atoms with Crippen LogP contribution in [-0.2, 0) is 4.79 Å². The zero-order valence-corrected chi connectivity index (χ0v) is 13.0. The predicted octanol–water partition coefficient (Wildman–Crippen LogP) is 1.13. The molecule has 2 rings (SSSR count). The van der Waals surface area contributed by atoms with E-state index in [4.69, 9.17) is 5.84 Å². The molecular formula is C16H26N4O. The summed E-state index contributed by atoms with van der Waals surface area (Å²) in [5.74, 6) is 5.21. The molecule has 0 saturated carbocycles. The van der Waals surface area contributed by atoms with Crippen LogP contribution in [0.2, 0.25) is 0 Å². The molecule has 0 aromatic heterocycles. The van der Waals surface area contributed by atoms with Crippen LogP contribution in [0, 0.1) is 0 Å². The minimum absolute atomic E-state index is 0.162. The number of hydrogen-bond acceptors (Lipinski definition) is 4. The van der Waals surface area contributed by atoms with Crippen LogP contribution in [0.15, 0.2) is 30.3 Å². The van der Waals surface area contributed by atoms with Gasteiger partial charge >= 0.3 is 0 Å². The van der Waals surface area contributed by atoms with Crippen LogP contribution in [0.5, 0.6) is 0 Å². The van der Waals surface area contributed by atoms with E-state index in [0.29, 0.717) is 6.04 Å². The molecule has 2 atom stereocenters. The highest BCUT2D eigenvalue weighted by Crippen LogP contribution is 2.23. The van der Waals surface area contributed by atoms with Crippen molar-refractivity contribution in [3.8, 4) is 0 Å². The van der Waals surface area contributed by atoms with Gasteiger partial charge in [0.1, 0.15) is 6.04 Å². The summed E-state index contributed by atoms with van der Waals surface area (Å²) in [5.41, 5.74) is 3.28. The van der Waals surface area contributed by atoms with Crippen LogP contribution in [-0.4, -0.2) is 48.4 Å². The van der Waals surface area contributed by atoms with E-state index in [1.165, 1.54) is 12.8 Å². The average molecular weight is 290 g/mol. The van der Waals surface area contributed by atoms with Crippen molar-refractivity contribution in [3.05, 3.63) is 35.9 Å². The molecule has 0 spiro atoms. The number of nitrogens with one attached hydrogen (secondary N) is 1. The van der Waals surface area contributed by atoms with Crippen molar-refractivity contribution in [1.29, 1.82) is 0 Å². The fourth-order valence-corrected chi connectivity index (χ4v) is 3.28. The third-order valence-corrected chi connectivity index (χ3v) is 4.35.